The van der Waals surface area contributed by atoms with Gasteiger partial charge < -0.3 is 33.8 Å². The van der Waals surface area contributed by atoms with Gasteiger partial charge in [0.15, 0.2) is 12.2 Å². The fourth-order valence-corrected chi connectivity index (χ4v) is 9.62. The quantitative estimate of drug-likeness (QED) is 0.0222. The van der Waals surface area contributed by atoms with Crippen molar-refractivity contribution in [2.45, 2.75) is 290 Å². The molecule has 0 saturated heterocycles. The number of aliphatic hydroxyl groups is 1. The van der Waals surface area contributed by atoms with E-state index in [1.165, 1.54) is 77.0 Å². The first-order valence-electron chi connectivity index (χ1n) is 29.3. The summed E-state index contributed by atoms with van der Waals surface area (Å²) in [6.07, 6.45) is 32.2. The molecule has 0 aromatic rings. The molecule has 0 bridgehead atoms. The Kier molecular flexibility index (Phi) is 49.2. The maximum atomic E-state index is 12.9. The van der Waals surface area contributed by atoms with E-state index in [1.54, 1.807) is 0 Å². The Balaban J connectivity index is 5.19. The molecule has 5 atom stereocenters. The minimum atomic E-state index is -4.93. The number of aliphatic hydroxyl groups excluding tert-OH is 1. The highest BCUT2D eigenvalue weighted by Gasteiger charge is 2.30. The summed E-state index contributed by atoms with van der Waals surface area (Å²) >= 11 is 0. The molecule has 0 fully saturated rings. The Bertz CT molecular complexity index is 1450. The van der Waals surface area contributed by atoms with Crippen LogP contribution in [0.5, 0.6) is 0 Å². The van der Waals surface area contributed by atoms with Gasteiger partial charge in [-0.05, 0) is 25.7 Å². The maximum Gasteiger partial charge on any atom is 0.472 e. The second-order valence-corrected chi connectivity index (χ2v) is 22.9. The Hall–Kier alpha value is -1.94. The second kappa shape index (κ2) is 50.6. The number of ether oxygens (including phenoxy) is 4. The Morgan fingerprint density at radius 2 is 0.541 bits per heavy atom. The van der Waals surface area contributed by atoms with Crippen LogP contribution in [0.1, 0.15) is 272 Å². The van der Waals surface area contributed by atoms with E-state index in [9.17, 15) is 43.2 Å². The van der Waals surface area contributed by atoms with Gasteiger partial charge in [0, 0.05) is 25.7 Å². The van der Waals surface area contributed by atoms with Gasteiger partial charge in [-0.15, -0.1) is 0 Å². The fraction of sp³-hybridized carbons (Fsp3) is 0.927. The number of hydrogen-bond acceptors (Lipinski definition) is 15. The second-order valence-electron chi connectivity index (χ2n) is 20.0. The lowest BCUT2D eigenvalue weighted by Crippen LogP contribution is -2.30. The predicted octanol–water partition coefficient (Wildman–Crippen LogP) is 14.4. The number of phosphoric acid groups is 2. The summed E-state index contributed by atoms with van der Waals surface area (Å²) in [5, 5.41) is 10.5. The molecule has 0 rings (SSSR count). The summed E-state index contributed by atoms with van der Waals surface area (Å²) in [6.45, 7) is 4.73. The summed E-state index contributed by atoms with van der Waals surface area (Å²) in [5.74, 6) is -2.15. The van der Waals surface area contributed by atoms with Gasteiger partial charge in [0.05, 0.1) is 26.4 Å². The molecule has 0 radical (unpaired) electrons. The van der Waals surface area contributed by atoms with Crippen LogP contribution in [0.4, 0.5) is 0 Å². The molecule has 17 nitrogen and oxygen atoms in total. The van der Waals surface area contributed by atoms with Crippen molar-refractivity contribution in [2.24, 2.45) is 0 Å². The van der Waals surface area contributed by atoms with E-state index in [-0.39, 0.29) is 25.7 Å². The molecule has 438 valence electrons. The van der Waals surface area contributed by atoms with Crippen molar-refractivity contribution in [3.63, 3.8) is 0 Å². The molecular formula is C55H106O17P2. The van der Waals surface area contributed by atoms with E-state index in [4.69, 9.17) is 37.0 Å². The van der Waals surface area contributed by atoms with Gasteiger partial charge in [0.25, 0.3) is 0 Å². The first kappa shape index (κ1) is 72.1. The van der Waals surface area contributed by atoms with Gasteiger partial charge in [-0.2, -0.15) is 0 Å². The Morgan fingerprint density at radius 1 is 0.324 bits per heavy atom. The first-order valence-corrected chi connectivity index (χ1v) is 32.3. The topological polar surface area (TPSA) is 237 Å². The van der Waals surface area contributed by atoms with Crippen molar-refractivity contribution in [1.29, 1.82) is 0 Å². The third-order valence-electron chi connectivity index (χ3n) is 12.6. The van der Waals surface area contributed by atoms with Crippen molar-refractivity contribution >= 4 is 39.5 Å². The summed E-state index contributed by atoms with van der Waals surface area (Å²) < 4.78 is 67.4. The SMILES string of the molecule is CCCCCCCCCCCCCC(=O)O[C@H](COC(=O)CCCCCCCCCC)COP(=O)(O)OC[C@@H](O)COP(=O)(O)OC[C@@H](COC(=O)CCCCCCCCC)OC(=O)CCCCCCCCCC. The van der Waals surface area contributed by atoms with E-state index >= 15 is 0 Å². The maximum absolute atomic E-state index is 12.9. The molecule has 0 aromatic heterocycles. The van der Waals surface area contributed by atoms with Crippen LogP contribution in [0, 0.1) is 0 Å². The number of phosphoric ester groups is 2. The molecule has 74 heavy (non-hydrogen) atoms. The highest BCUT2D eigenvalue weighted by atomic mass is 31.2. The molecule has 2 unspecified atom stereocenters. The zero-order valence-corrected chi connectivity index (χ0v) is 48.6. The lowest BCUT2D eigenvalue weighted by Gasteiger charge is -2.21. The van der Waals surface area contributed by atoms with E-state index < -0.39 is 97.5 Å². The average molecular weight is 1100 g/mol. The molecule has 0 amide bonds. The molecule has 19 heteroatoms. The molecule has 0 aromatic carbocycles. The number of esters is 4. The van der Waals surface area contributed by atoms with Crippen LogP contribution >= 0.6 is 15.6 Å². The third-order valence-corrected chi connectivity index (χ3v) is 14.5. The lowest BCUT2D eigenvalue weighted by molar-refractivity contribution is -0.161. The zero-order chi connectivity index (χ0) is 54.8. The van der Waals surface area contributed by atoms with Gasteiger partial charge in [0.1, 0.15) is 19.3 Å². The third kappa shape index (κ3) is 49.6. The van der Waals surface area contributed by atoms with Gasteiger partial charge in [-0.25, -0.2) is 9.13 Å². The van der Waals surface area contributed by atoms with Crippen LogP contribution in [-0.4, -0.2) is 96.7 Å². The van der Waals surface area contributed by atoms with Crippen molar-refractivity contribution in [3.05, 3.63) is 0 Å². The van der Waals surface area contributed by atoms with E-state index in [1.807, 2.05) is 0 Å². The normalized spacial score (nSPS) is 14.4. The van der Waals surface area contributed by atoms with E-state index in [0.717, 1.165) is 116 Å². The van der Waals surface area contributed by atoms with Crippen molar-refractivity contribution < 1.29 is 80.2 Å². The monoisotopic (exact) mass is 1100 g/mol. The molecular weight excluding hydrogens is 995 g/mol. The number of hydrogen-bond donors (Lipinski definition) is 3. The highest BCUT2D eigenvalue weighted by Crippen LogP contribution is 2.45. The molecule has 0 saturated carbocycles. The predicted molar refractivity (Wildman–Crippen MR) is 289 cm³/mol. The van der Waals surface area contributed by atoms with Crippen molar-refractivity contribution in [3.8, 4) is 0 Å². The van der Waals surface area contributed by atoms with Crippen LogP contribution in [0.2, 0.25) is 0 Å². The standard InChI is InChI=1S/C55H106O17P2/c1-5-9-13-17-21-24-25-26-30-34-38-42-55(60)72-51(46-66-53(58)40-36-32-28-22-18-14-10-6-2)48-70-74(63,64)68-44-49(56)43-67-73(61,62)69-47-50(45-65-52(57)39-35-31-27-20-16-12-8-4)71-54(59)41-37-33-29-23-19-15-11-7-3/h49-51,56H,5-48H2,1-4H3,(H,61,62)(H,63,64)/t49-,50+,51+/m0/s1. The van der Waals surface area contributed by atoms with Crippen LogP contribution in [-0.2, 0) is 65.4 Å². The molecule has 0 aliphatic heterocycles. The van der Waals surface area contributed by atoms with Gasteiger partial charge in [0.2, 0.25) is 0 Å². The highest BCUT2D eigenvalue weighted by molar-refractivity contribution is 7.47. The van der Waals surface area contributed by atoms with Crippen LogP contribution in [0.3, 0.4) is 0 Å². The number of unbranched alkanes of at least 4 members (excludes halogenated alkanes) is 30. The van der Waals surface area contributed by atoms with Crippen molar-refractivity contribution in [2.75, 3.05) is 39.6 Å². The van der Waals surface area contributed by atoms with Crippen LogP contribution in [0.15, 0.2) is 0 Å². The van der Waals surface area contributed by atoms with Gasteiger partial charge in [-0.1, -0.05) is 220 Å². The summed E-state index contributed by atoms with van der Waals surface area (Å²) in [7, 11) is -9.85. The van der Waals surface area contributed by atoms with E-state index in [2.05, 4.69) is 27.7 Å². The van der Waals surface area contributed by atoms with Crippen LogP contribution in [0.25, 0.3) is 0 Å². The minimum absolute atomic E-state index is 0.105. The number of rotatable bonds is 56. The van der Waals surface area contributed by atoms with Crippen LogP contribution < -0.4 is 0 Å². The number of carbonyl (C=O) groups excluding carboxylic acids is 4. The summed E-state index contributed by atoms with van der Waals surface area (Å²) in [5.41, 5.74) is 0. The number of carbonyl (C=O) groups is 4. The first-order chi connectivity index (χ1) is 35.7. The molecule has 0 heterocycles. The fourth-order valence-electron chi connectivity index (χ4n) is 8.04. The molecule has 0 aliphatic rings. The minimum Gasteiger partial charge on any atom is -0.462 e. The summed E-state index contributed by atoms with van der Waals surface area (Å²) in [4.78, 5) is 71.5. The Labute approximate surface area is 447 Å². The average Bonchev–Trinajstić information content (AvgIpc) is 3.37. The molecule has 0 aliphatic carbocycles. The largest absolute Gasteiger partial charge is 0.472 e. The van der Waals surface area contributed by atoms with Crippen molar-refractivity contribution in [1.82, 2.24) is 0 Å². The molecule has 0 spiro atoms. The van der Waals surface area contributed by atoms with Gasteiger partial charge in [-0.3, -0.25) is 37.3 Å². The van der Waals surface area contributed by atoms with Gasteiger partial charge >= 0.3 is 39.5 Å². The Morgan fingerprint density at radius 3 is 0.797 bits per heavy atom. The van der Waals surface area contributed by atoms with E-state index in [0.29, 0.717) is 25.7 Å². The summed E-state index contributed by atoms with van der Waals surface area (Å²) in [6, 6.07) is 0. The molecule has 3 N–H and O–H groups in total. The lowest BCUT2D eigenvalue weighted by atomic mass is 10.1. The zero-order valence-electron chi connectivity index (χ0n) is 46.8. The smallest absolute Gasteiger partial charge is 0.462 e.